The van der Waals surface area contributed by atoms with E-state index in [0.717, 1.165) is 23.4 Å². The molecule has 0 atom stereocenters. The number of thiazole rings is 1. The van der Waals surface area contributed by atoms with Crippen LogP contribution in [0.5, 0.6) is 0 Å². The third-order valence-electron chi connectivity index (χ3n) is 5.59. The Labute approximate surface area is 209 Å². The van der Waals surface area contributed by atoms with Crippen molar-refractivity contribution in [1.29, 1.82) is 0 Å². The van der Waals surface area contributed by atoms with Crippen LogP contribution in [0, 0.1) is 0 Å². The van der Waals surface area contributed by atoms with Gasteiger partial charge in [0, 0.05) is 36.3 Å². The number of nitrogens with zero attached hydrogens (tertiary/aromatic N) is 3. The van der Waals surface area contributed by atoms with Gasteiger partial charge in [-0.25, -0.2) is 4.98 Å². The summed E-state index contributed by atoms with van der Waals surface area (Å²) < 4.78 is 5.29. The Morgan fingerprint density at radius 3 is 2.41 bits per heavy atom. The Morgan fingerprint density at radius 2 is 1.82 bits per heavy atom. The average molecular weight is 504 g/mol. The van der Waals surface area contributed by atoms with E-state index in [1.165, 1.54) is 21.1 Å². The monoisotopic (exact) mass is 503 g/mol. The fourth-order valence-corrected chi connectivity index (χ4v) is 5.19. The number of likely N-dealkylation sites (tertiary alicyclic amines) is 1. The molecule has 1 aliphatic heterocycles. The molecule has 1 aromatic carbocycles. The Morgan fingerprint density at radius 1 is 1.18 bits per heavy atom. The lowest BCUT2D eigenvalue weighted by Crippen LogP contribution is -2.38. The van der Waals surface area contributed by atoms with E-state index >= 15 is 0 Å². The molecule has 0 saturated carbocycles. The Hall–Kier alpha value is -2.39. The molecule has 34 heavy (non-hydrogen) atoms. The summed E-state index contributed by atoms with van der Waals surface area (Å²) in [6.07, 6.45) is 4.10. The van der Waals surface area contributed by atoms with Crippen molar-refractivity contribution in [3.05, 3.63) is 45.9 Å². The molecule has 184 valence electrons. The largest absolute Gasteiger partial charge is 0.459 e. The number of thioether (sulfide) groups is 1. The fraction of sp³-hybridized carbons (Fsp3) is 0.520. The quantitative estimate of drug-likeness (QED) is 0.416. The maximum absolute atomic E-state index is 12.7. The van der Waals surface area contributed by atoms with Gasteiger partial charge < -0.3 is 14.5 Å². The predicted octanol–water partition coefficient (Wildman–Crippen LogP) is 4.23. The van der Waals surface area contributed by atoms with Crippen LogP contribution in [0.1, 0.15) is 60.6 Å². The van der Waals surface area contributed by atoms with Crippen LogP contribution in [0.15, 0.2) is 34.5 Å². The number of aromatic nitrogens is 1. The van der Waals surface area contributed by atoms with Crippen molar-refractivity contribution >= 4 is 40.9 Å². The highest BCUT2D eigenvalue weighted by Crippen LogP contribution is 2.31. The van der Waals surface area contributed by atoms with E-state index < -0.39 is 11.6 Å². The summed E-state index contributed by atoms with van der Waals surface area (Å²) in [5.74, 6) is -0.369. The van der Waals surface area contributed by atoms with Crippen LogP contribution >= 0.6 is 23.1 Å². The van der Waals surface area contributed by atoms with Gasteiger partial charge in [-0.1, -0.05) is 12.1 Å². The average Bonchev–Trinajstić information content (AvgIpc) is 3.28. The SMILES string of the molecule is CSc1ccc(CC(=O)N2CCC(c3nc(C(=O)N(C)CC(=O)OC(C)(C)C)cs3)CC2)cc1. The van der Waals surface area contributed by atoms with Crippen molar-refractivity contribution in [3.8, 4) is 0 Å². The summed E-state index contributed by atoms with van der Waals surface area (Å²) in [7, 11) is 1.57. The highest BCUT2D eigenvalue weighted by molar-refractivity contribution is 7.98. The number of carbonyl (C=O) groups excluding carboxylic acids is 3. The van der Waals surface area contributed by atoms with E-state index in [1.54, 1.807) is 45.0 Å². The number of esters is 1. The molecule has 2 aromatic rings. The molecule has 0 bridgehead atoms. The lowest BCUT2D eigenvalue weighted by atomic mass is 9.97. The van der Waals surface area contributed by atoms with E-state index in [-0.39, 0.29) is 24.3 Å². The van der Waals surface area contributed by atoms with Crippen LogP contribution in [0.3, 0.4) is 0 Å². The third-order valence-corrected chi connectivity index (χ3v) is 7.34. The van der Waals surface area contributed by atoms with E-state index in [4.69, 9.17) is 4.74 Å². The third kappa shape index (κ3) is 7.30. The Bertz CT molecular complexity index is 1010. The molecule has 7 nitrogen and oxygen atoms in total. The maximum Gasteiger partial charge on any atom is 0.326 e. The number of likely N-dealkylation sites (N-methyl/N-ethyl adjacent to an activating group) is 1. The van der Waals surface area contributed by atoms with Gasteiger partial charge in [-0.3, -0.25) is 14.4 Å². The molecule has 1 fully saturated rings. The number of hydrogen-bond donors (Lipinski definition) is 0. The topological polar surface area (TPSA) is 79.8 Å². The van der Waals surface area contributed by atoms with Gasteiger partial charge in [-0.05, 0) is 57.6 Å². The molecular weight excluding hydrogens is 470 g/mol. The molecule has 2 heterocycles. The van der Waals surface area contributed by atoms with E-state index in [0.29, 0.717) is 25.2 Å². The molecular formula is C25H33N3O4S2. The van der Waals surface area contributed by atoms with E-state index in [1.807, 2.05) is 35.4 Å². The first kappa shape index (κ1) is 26.2. The lowest BCUT2D eigenvalue weighted by molar-refractivity contribution is -0.155. The number of benzene rings is 1. The first-order chi connectivity index (χ1) is 16.1. The van der Waals surface area contributed by atoms with Crippen LogP contribution in [-0.4, -0.2) is 71.1 Å². The molecule has 0 aliphatic carbocycles. The molecule has 1 aromatic heterocycles. The minimum Gasteiger partial charge on any atom is -0.459 e. The van der Waals surface area contributed by atoms with Gasteiger partial charge in [0.15, 0.2) is 0 Å². The number of ether oxygens (including phenoxy) is 1. The van der Waals surface area contributed by atoms with Crippen LogP contribution in [0.2, 0.25) is 0 Å². The second-order valence-corrected chi connectivity index (χ2v) is 11.3. The molecule has 3 rings (SSSR count). The number of rotatable bonds is 7. The van der Waals surface area contributed by atoms with Crippen LogP contribution in [-0.2, 0) is 20.7 Å². The van der Waals surface area contributed by atoms with Crippen molar-refractivity contribution in [3.63, 3.8) is 0 Å². The minimum absolute atomic E-state index is 0.122. The molecule has 2 amide bonds. The first-order valence-corrected chi connectivity index (χ1v) is 13.5. The zero-order valence-electron chi connectivity index (χ0n) is 20.5. The van der Waals surface area contributed by atoms with Crippen LogP contribution in [0.25, 0.3) is 0 Å². The summed E-state index contributed by atoms with van der Waals surface area (Å²) in [5, 5.41) is 2.66. The van der Waals surface area contributed by atoms with Gasteiger partial charge in [-0.15, -0.1) is 23.1 Å². The summed E-state index contributed by atoms with van der Waals surface area (Å²) in [4.78, 5) is 46.5. The number of hydrogen-bond acceptors (Lipinski definition) is 7. The Kier molecular flexibility index (Phi) is 8.76. The van der Waals surface area contributed by atoms with Gasteiger partial charge in [0.2, 0.25) is 5.91 Å². The summed E-state index contributed by atoms with van der Waals surface area (Å²) >= 11 is 3.15. The smallest absolute Gasteiger partial charge is 0.326 e. The predicted molar refractivity (Wildman–Crippen MR) is 135 cm³/mol. The van der Waals surface area contributed by atoms with Gasteiger partial charge >= 0.3 is 5.97 Å². The van der Waals surface area contributed by atoms with Crippen molar-refractivity contribution in [2.45, 2.75) is 56.4 Å². The second-order valence-electron chi connectivity index (χ2n) is 9.50. The first-order valence-electron chi connectivity index (χ1n) is 11.4. The van der Waals surface area contributed by atoms with E-state index in [2.05, 4.69) is 4.98 Å². The molecule has 0 radical (unpaired) electrons. The lowest BCUT2D eigenvalue weighted by Gasteiger charge is -2.31. The Balaban J connectivity index is 1.50. The molecule has 9 heteroatoms. The molecule has 0 unspecified atom stereocenters. The zero-order valence-corrected chi connectivity index (χ0v) is 22.1. The number of amides is 2. The van der Waals surface area contributed by atoms with Crippen molar-refractivity contribution in [2.75, 3.05) is 32.9 Å². The number of piperidine rings is 1. The van der Waals surface area contributed by atoms with E-state index in [9.17, 15) is 14.4 Å². The molecule has 0 N–H and O–H groups in total. The molecule has 1 aliphatic rings. The molecule has 0 spiro atoms. The fourth-order valence-electron chi connectivity index (χ4n) is 3.81. The van der Waals surface area contributed by atoms with Gasteiger partial charge in [0.25, 0.3) is 5.91 Å². The van der Waals surface area contributed by atoms with Crippen LogP contribution in [0.4, 0.5) is 0 Å². The van der Waals surface area contributed by atoms with Crippen molar-refractivity contribution < 1.29 is 19.1 Å². The standard InChI is InChI=1S/C25H33N3O4S2/c1-25(2,3)32-22(30)15-27(4)24(31)20-16-34-23(26-20)18-10-12-28(13-11-18)21(29)14-17-6-8-19(33-5)9-7-17/h6-9,16,18H,10-15H2,1-5H3. The highest BCUT2D eigenvalue weighted by atomic mass is 32.2. The second kappa shape index (κ2) is 11.4. The van der Waals surface area contributed by atoms with Gasteiger partial charge in [-0.2, -0.15) is 0 Å². The minimum atomic E-state index is -0.593. The van der Waals surface area contributed by atoms with Crippen molar-refractivity contribution in [1.82, 2.24) is 14.8 Å². The number of carbonyl (C=O) groups is 3. The zero-order chi connectivity index (χ0) is 24.9. The summed E-state index contributed by atoms with van der Waals surface area (Å²) in [6.45, 7) is 6.63. The van der Waals surface area contributed by atoms with Crippen molar-refractivity contribution in [2.24, 2.45) is 0 Å². The normalized spacial score (nSPS) is 14.7. The van der Waals surface area contributed by atoms with Gasteiger partial charge in [0.05, 0.1) is 11.4 Å². The summed E-state index contributed by atoms with van der Waals surface area (Å²) in [6, 6.07) is 8.13. The van der Waals surface area contributed by atoms with Crippen LogP contribution < -0.4 is 0 Å². The molecule has 1 saturated heterocycles. The maximum atomic E-state index is 12.7. The highest BCUT2D eigenvalue weighted by Gasteiger charge is 2.27. The summed E-state index contributed by atoms with van der Waals surface area (Å²) in [5.41, 5.74) is 0.783. The van der Waals surface area contributed by atoms with Gasteiger partial charge in [0.1, 0.15) is 17.8 Å².